The molecule has 0 aromatic heterocycles. The summed E-state index contributed by atoms with van der Waals surface area (Å²) in [5.74, 6) is -0.164. The number of rotatable bonds is 4. The number of piperazine rings is 1. The van der Waals surface area contributed by atoms with Crippen LogP contribution in [0.3, 0.4) is 0 Å². The number of ether oxygens (including phenoxy) is 1. The van der Waals surface area contributed by atoms with Crippen LogP contribution in [0.5, 0.6) is 0 Å². The van der Waals surface area contributed by atoms with E-state index in [0.29, 0.717) is 48.4 Å². The van der Waals surface area contributed by atoms with Crippen molar-refractivity contribution in [1.29, 1.82) is 0 Å². The molecule has 2 saturated heterocycles. The number of hydrogen-bond donors (Lipinski definition) is 0. The third-order valence-corrected chi connectivity index (χ3v) is 7.07. The summed E-state index contributed by atoms with van der Waals surface area (Å²) in [6.45, 7) is 1.98. The van der Waals surface area contributed by atoms with Gasteiger partial charge in [0.15, 0.2) is 0 Å². The summed E-state index contributed by atoms with van der Waals surface area (Å²) >= 11 is 11.8. The summed E-state index contributed by atoms with van der Waals surface area (Å²) in [6, 6.07) is 4.81. The molecule has 6 nitrogen and oxygen atoms in total. The van der Waals surface area contributed by atoms with E-state index in [4.69, 9.17) is 27.9 Å². The van der Waals surface area contributed by atoms with Crippen LogP contribution in [-0.2, 0) is 25.3 Å². The highest BCUT2D eigenvalue weighted by molar-refractivity contribution is 7.88. The van der Waals surface area contributed by atoms with Crippen molar-refractivity contribution >= 4 is 39.1 Å². The van der Waals surface area contributed by atoms with Gasteiger partial charge >= 0.3 is 0 Å². The monoisotopic (exact) mass is 406 g/mol. The lowest BCUT2D eigenvalue weighted by Gasteiger charge is -2.35. The summed E-state index contributed by atoms with van der Waals surface area (Å²) in [4.78, 5) is 14.0. The number of sulfonamides is 1. The van der Waals surface area contributed by atoms with E-state index < -0.39 is 10.0 Å². The molecule has 0 N–H and O–H groups in total. The lowest BCUT2D eigenvalue weighted by atomic mass is 10.2. The first-order valence-corrected chi connectivity index (χ1v) is 10.6. The van der Waals surface area contributed by atoms with Gasteiger partial charge in [-0.25, -0.2) is 8.42 Å². The zero-order valence-corrected chi connectivity index (χ0v) is 16.0. The highest BCUT2D eigenvalue weighted by Gasteiger charge is 2.33. The summed E-state index contributed by atoms with van der Waals surface area (Å²) < 4.78 is 32.1. The molecule has 2 heterocycles. The first-order chi connectivity index (χ1) is 11.9. The number of benzene rings is 1. The molecule has 1 aromatic carbocycles. The van der Waals surface area contributed by atoms with Gasteiger partial charge in [0, 0.05) is 32.8 Å². The van der Waals surface area contributed by atoms with Crippen molar-refractivity contribution in [3.05, 3.63) is 33.8 Å². The largest absolute Gasteiger partial charge is 0.368 e. The number of carbonyl (C=O) groups is 1. The van der Waals surface area contributed by atoms with Gasteiger partial charge in [0.2, 0.25) is 10.0 Å². The Bertz CT molecular complexity index is 743. The molecule has 9 heteroatoms. The fourth-order valence-electron chi connectivity index (χ4n) is 3.09. The Morgan fingerprint density at radius 2 is 1.88 bits per heavy atom. The maximum atomic E-state index is 12.6. The van der Waals surface area contributed by atoms with Gasteiger partial charge in [-0.1, -0.05) is 29.3 Å². The Balaban J connectivity index is 1.59. The van der Waals surface area contributed by atoms with E-state index >= 15 is 0 Å². The predicted molar refractivity (Wildman–Crippen MR) is 96.2 cm³/mol. The van der Waals surface area contributed by atoms with Gasteiger partial charge in [0.05, 0.1) is 15.8 Å². The molecule has 2 aliphatic heterocycles. The second kappa shape index (κ2) is 7.80. The molecule has 1 unspecified atom stereocenters. The third-order valence-electron chi connectivity index (χ3n) is 4.48. The van der Waals surface area contributed by atoms with Crippen LogP contribution in [0.4, 0.5) is 0 Å². The van der Waals surface area contributed by atoms with Gasteiger partial charge < -0.3 is 9.64 Å². The van der Waals surface area contributed by atoms with Crippen LogP contribution >= 0.6 is 23.2 Å². The Morgan fingerprint density at radius 3 is 2.48 bits per heavy atom. The van der Waals surface area contributed by atoms with E-state index in [-0.39, 0.29) is 17.8 Å². The van der Waals surface area contributed by atoms with Crippen molar-refractivity contribution in [2.24, 2.45) is 0 Å². The SMILES string of the molecule is O=C(C1CCCO1)N1CCN(S(=O)(=O)Cc2ccc(Cl)c(Cl)c2)CC1. The van der Waals surface area contributed by atoms with Crippen molar-refractivity contribution in [1.82, 2.24) is 9.21 Å². The Hall–Kier alpha value is -0.860. The highest BCUT2D eigenvalue weighted by atomic mass is 35.5. The van der Waals surface area contributed by atoms with Crippen LogP contribution in [0.1, 0.15) is 18.4 Å². The summed E-state index contributed by atoms with van der Waals surface area (Å²) in [7, 11) is -3.47. The fraction of sp³-hybridized carbons (Fsp3) is 0.562. The van der Waals surface area contributed by atoms with Crippen LogP contribution in [0, 0.1) is 0 Å². The highest BCUT2D eigenvalue weighted by Crippen LogP contribution is 2.24. The molecule has 1 amide bonds. The van der Waals surface area contributed by atoms with Crippen molar-refractivity contribution < 1.29 is 17.9 Å². The number of halogens is 2. The fourth-order valence-corrected chi connectivity index (χ4v) is 4.92. The lowest BCUT2D eigenvalue weighted by molar-refractivity contribution is -0.142. The number of nitrogens with zero attached hydrogens (tertiary/aromatic N) is 2. The normalized spacial score (nSPS) is 22.3. The minimum atomic E-state index is -3.47. The summed E-state index contributed by atoms with van der Waals surface area (Å²) in [6.07, 6.45) is 1.28. The van der Waals surface area contributed by atoms with Crippen molar-refractivity contribution in [2.45, 2.75) is 24.7 Å². The lowest BCUT2D eigenvalue weighted by Crippen LogP contribution is -2.52. The van der Waals surface area contributed by atoms with E-state index in [2.05, 4.69) is 0 Å². The zero-order chi connectivity index (χ0) is 18.0. The molecule has 1 aromatic rings. The molecular formula is C16H20Cl2N2O4S. The molecule has 25 heavy (non-hydrogen) atoms. The summed E-state index contributed by atoms with van der Waals surface area (Å²) in [5, 5.41) is 0.727. The van der Waals surface area contributed by atoms with E-state index in [0.717, 1.165) is 12.8 Å². The Morgan fingerprint density at radius 1 is 1.16 bits per heavy atom. The molecule has 0 spiro atoms. The van der Waals surface area contributed by atoms with Gasteiger partial charge in [0.1, 0.15) is 6.10 Å². The van der Waals surface area contributed by atoms with E-state index in [1.165, 1.54) is 4.31 Å². The molecule has 0 bridgehead atoms. The first-order valence-electron chi connectivity index (χ1n) is 8.19. The predicted octanol–water partition coefficient (Wildman–Crippen LogP) is 2.15. The Kier molecular flexibility index (Phi) is 5.90. The molecule has 0 radical (unpaired) electrons. The molecule has 0 saturated carbocycles. The topological polar surface area (TPSA) is 66.9 Å². The average molecular weight is 407 g/mol. The van der Waals surface area contributed by atoms with Crippen molar-refractivity contribution in [3.8, 4) is 0 Å². The molecular weight excluding hydrogens is 387 g/mol. The molecule has 2 aliphatic rings. The molecule has 2 fully saturated rings. The maximum absolute atomic E-state index is 12.6. The van der Waals surface area contributed by atoms with Crippen LogP contribution in [0.2, 0.25) is 10.0 Å². The van der Waals surface area contributed by atoms with Crippen molar-refractivity contribution in [2.75, 3.05) is 32.8 Å². The smallest absolute Gasteiger partial charge is 0.251 e. The summed E-state index contributed by atoms with van der Waals surface area (Å²) in [5.41, 5.74) is 0.590. The first kappa shape index (κ1) is 18.9. The minimum Gasteiger partial charge on any atom is -0.368 e. The molecule has 3 rings (SSSR count). The Labute approximate surface area is 157 Å². The van der Waals surface area contributed by atoms with E-state index in [1.54, 1.807) is 23.1 Å². The number of carbonyl (C=O) groups excluding carboxylic acids is 1. The number of amides is 1. The maximum Gasteiger partial charge on any atom is 0.251 e. The van der Waals surface area contributed by atoms with Crippen molar-refractivity contribution in [3.63, 3.8) is 0 Å². The number of hydrogen-bond acceptors (Lipinski definition) is 4. The second-order valence-corrected chi connectivity index (χ2v) is 9.01. The van der Waals surface area contributed by atoms with Crippen LogP contribution in [0.15, 0.2) is 18.2 Å². The van der Waals surface area contributed by atoms with Gasteiger partial charge in [-0.05, 0) is 30.5 Å². The second-order valence-electron chi connectivity index (χ2n) is 6.23. The minimum absolute atomic E-state index is 0.0287. The molecule has 0 aliphatic carbocycles. The van der Waals surface area contributed by atoms with E-state index in [1.807, 2.05) is 0 Å². The van der Waals surface area contributed by atoms with Gasteiger partial charge in [-0.2, -0.15) is 4.31 Å². The van der Waals surface area contributed by atoms with Crippen LogP contribution in [0.25, 0.3) is 0 Å². The standard InChI is InChI=1S/C16H20Cl2N2O4S/c17-13-4-3-12(10-14(13)18)11-25(22,23)20-7-5-19(6-8-20)16(21)15-2-1-9-24-15/h3-4,10,15H,1-2,5-9,11H2. The van der Waals surface area contributed by atoms with Gasteiger partial charge in [-0.3, -0.25) is 4.79 Å². The molecule has 1 atom stereocenters. The quantitative estimate of drug-likeness (QED) is 0.767. The van der Waals surface area contributed by atoms with Gasteiger partial charge in [-0.15, -0.1) is 0 Å². The van der Waals surface area contributed by atoms with Gasteiger partial charge in [0.25, 0.3) is 5.91 Å². The van der Waals surface area contributed by atoms with E-state index in [9.17, 15) is 13.2 Å². The average Bonchev–Trinajstić information content (AvgIpc) is 3.12. The third kappa shape index (κ3) is 4.46. The molecule has 138 valence electrons. The van der Waals surface area contributed by atoms with Crippen LogP contribution in [-0.4, -0.2) is 62.4 Å². The van der Waals surface area contributed by atoms with Crippen LogP contribution < -0.4 is 0 Å². The zero-order valence-electron chi connectivity index (χ0n) is 13.7.